The van der Waals surface area contributed by atoms with Crippen molar-refractivity contribution in [2.45, 2.75) is 168 Å². The van der Waals surface area contributed by atoms with Crippen molar-refractivity contribution in [3.63, 3.8) is 0 Å². The summed E-state index contributed by atoms with van der Waals surface area (Å²) in [6.07, 6.45) is 31.2. The van der Waals surface area contributed by atoms with Gasteiger partial charge in [0.1, 0.15) is 0 Å². The van der Waals surface area contributed by atoms with E-state index in [1.807, 2.05) is 0 Å². The maximum Gasteiger partial charge on any atom is 0.0776 e. The van der Waals surface area contributed by atoms with Gasteiger partial charge in [-0.15, -0.1) is 0 Å². The summed E-state index contributed by atoms with van der Waals surface area (Å²) in [5, 5.41) is 1.72. The van der Waals surface area contributed by atoms with E-state index in [-0.39, 0.29) is 0 Å². The minimum Gasteiger partial charge on any atom is -0.314 e. The Hall–Kier alpha value is -0.0200. The number of rotatable bonds is 25. The van der Waals surface area contributed by atoms with E-state index >= 15 is 0 Å². The molecule has 0 fully saturated rings. The third-order valence-electron chi connectivity index (χ3n) is 6.48. The van der Waals surface area contributed by atoms with Crippen LogP contribution >= 0.6 is 0 Å². The molecule has 0 rings (SSSR count). The van der Waals surface area contributed by atoms with Gasteiger partial charge in [-0.2, -0.15) is 0 Å². The van der Waals surface area contributed by atoms with Crippen LogP contribution in [0.25, 0.3) is 0 Å². The lowest BCUT2D eigenvalue weighted by Crippen LogP contribution is -2.08. The molecule has 0 radical (unpaired) electrons. The fourth-order valence-corrected chi connectivity index (χ4v) is 5.63. The van der Waals surface area contributed by atoms with Gasteiger partial charge in [0.05, 0.1) is 9.80 Å². The van der Waals surface area contributed by atoms with Crippen molar-refractivity contribution >= 4 is 15.2 Å². The average molecular weight is 459 g/mol. The number of hydrogen-bond donors (Lipinski definition) is 1. The molecule has 0 aliphatic carbocycles. The predicted molar refractivity (Wildman–Crippen MR) is 144 cm³/mol. The van der Waals surface area contributed by atoms with Crippen LogP contribution in [-0.2, 0) is 9.80 Å². The van der Waals surface area contributed by atoms with E-state index in [2.05, 4.69) is 13.8 Å². The minimum atomic E-state index is -2.67. The molecule has 0 spiro atoms. The van der Waals surface area contributed by atoms with Gasteiger partial charge in [-0.1, -0.05) is 149 Å². The van der Waals surface area contributed by atoms with Crippen molar-refractivity contribution in [1.29, 1.82) is 0 Å². The molecule has 0 amide bonds. The zero-order valence-corrected chi connectivity index (χ0v) is 22.3. The summed E-state index contributed by atoms with van der Waals surface area (Å²) in [7, 11) is -2.67. The highest BCUT2D eigenvalue weighted by Gasteiger charge is 2.02. The molecule has 0 saturated heterocycles. The van der Waals surface area contributed by atoms with Crippen molar-refractivity contribution in [3.05, 3.63) is 0 Å². The molecule has 31 heavy (non-hydrogen) atoms. The van der Waals surface area contributed by atoms with Gasteiger partial charge >= 0.3 is 0 Å². The normalized spacial score (nSPS) is 13.4. The summed E-state index contributed by atoms with van der Waals surface area (Å²) in [5.41, 5.74) is 0. The zero-order chi connectivity index (χ0) is 22.9. The van der Waals surface area contributed by atoms with Crippen LogP contribution in [-0.4, -0.2) is 19.9 Å². The van der Waals surface area contributed by atoms with Crippen molar-refractivity contribution < 1.29 is 8.76 Å². The Morgan fingerprint density at radius 1 is 0.484 bits per heavy atom. The molecule has 188 valence electrons. The fraction of sp³-hybridized carbons (Fsp3) is 0.964. The van der Waals surface area contributed by atoms with Crippen LogP contribution in [0.5, 0.6) is 0 Å². The molecule has 0 bridgehead atoms. The van der Waals surface area contributed by atoms with Crippen LogP contribution in [0.1, 0.15) is 168 Å². The van der Waals surface area contributed by atoms with E-state index in [1.54, 1.807) is 5.37 Å². The Balaban J connectivity index is 3.34. The summed E-state index contributed by atoms with van der Waals surface area (Å²) in [6.45, 7) is 4.52. The topological polar surface area (TPSA) is 37.3 Å². The molecule has 0 aliphatic heterocycles. The van der Waals surface area contributed by atoms with Gasteiger partial charge < -0.3 is 4.55 Å². The first kappa shape index (κ1) is 31.0. The van der Waals surface area contributed by atoms with Crippen molar-refractivity contribution in [3.8, 4) is 0 Å². The third-order valence-corrected chi connectivity index (χ3v) is 8.11. The molecule has 0 aromatic rings. The number of hydrogen-bond acceptors (Lipinski definition) is 1. The first-order chi connectivity index (χ1) is 15.1. The Labute approximate surface area is 197 Å². The Kier molecular flexibility index (Phi) is 24.6. The lowest BCUT2D eigenvalue weighted by Gasteiger charge is -2.05. The summed E-state index contributed by atoms with van der Waals surface area (Å²) >= 11 is 0. The van der Waals surface area contributed by atoms with Crippen molar-refractivity contribution in [2.24, 2.45) is 0 Å². The van der Waals surface area contributed by atoms with Gasteiger partial charge in [-0.3, -0.25) is 0 Å². The van der Waals surface area contributed by atoms with Crippen LogP contribution in [0, 0.1) is 0 Å². The van der Waals surface area contributed by atoms with E-state index in [4.69, 9.17) is 0 Å². The minimum absolute atomic E-state index is 0.472. The molecular formula is C28H58O2S. The van der Waals surface area contributed by atoms with Crippen molar-refractivity contribution in [2.75, 3.05) is 5.75 Å². The summed E-state index contributed by atoms with van der Waals surface area (Å²) in [5.74, 6) is 0.472. The van der Waals surface area contributed by atoms with Crippen LogP contribution < -0.4 is 0 Å². The van der Waals surface area contributed by atoms with Gasteiger partial charge in [0, 0.05) is 5.75 Å². The summed E-state index contributed by atoms with van der Waals surface area (Å²) < 4.78 is 22.2. The first-order valence-corrected chi connectivity index (χ1v) is 15.9. The molecule has 0 saturated carbocycles. The predicted octanol–water partition coefficient (Wildman–Crippen LogP) is 9.95. The molecule has 0 heterocycles. The molecular weight excluding hydrogens is 400 g/mol. The smallest absolute Gasteiger partial charge is 0.0776 e. The fourth-order valence-electron chi connectivity index (χ4n) is 4.31. The highest BCUT2D eigenvalue weighted by atomic mass is 32.2. The van der Waals surface area contributed by atoms with Crippen LogP contribution in [0.2, 0.25) is 0 Å². The zero-order valence-electron chi connectivity index (χ0n) is 21.5. The summed E-state index contributed by atoms with van der Waals surface area (Å²) in [4.78, 5) is 0. The van der Waals surface area contributed by atoms with E-state index in [1.165, 1.54) is 128 Å². The maximum absolute atomic E-state index is 12.2. The molecule has 3 heteroatoms. The SMILES string of the molecule is CCCCCCCCCCCCCCCCCCC=S(=O)(O)CCCCCCCCC. The van der Waals surface area contributed by atoms with E-state index in [0.717, 1.165) is 25.7 Å². The average Bonchev–Trinajstić information content (AvgIpc) is 2.75. The van der Waals surface area contributed by atoms with Gasteiger partial charge in [0.2, 0.25) is 0 Å². The molecule has 0 aromatic carbocycles. The van der Waals surface area contributed by atoms with Crippen LogP contribution in [0.4, 0.5) is 0 Å². The largest absolute Gasteiger partial charge is 0.314 e. The maximum atomic E-state index is 12.2. The second-order valence-corrected chi connectivity index (χ2v) is 11.9. The summed E-state index contributed by atoms with van der Waals surface area (Å²) in [6, 6.07) is 0. The molecule has 0 aromatic heterocycles. The lowest BCUT2D eigenvalue weighted by atomic mass is 10.0. The van der Waals surface area contributed by atoms with Gasteiger partial charge in [-0.05, 0) is 24.6 Å². The lowest BCUT2D eigenvalue weighted by molar-refractivity contribution is 0.530. The van der Waals surface area contributed by atoms with Gasteiger partial charge in [-0.25, -0.2) is 4.21 Å². The molecule has 1 atom stereocenters. The number of unbranched alkanes of at least 4 members (excludes halogenated alkanes) is 22. The monoisotopic (exact) mass is 458 g/mol. The molecule has 1 N–H and O–H groups in total. The van der Waals surface area contributed by atoms with E-state index in [0.29, 0.717) is 5.75 Å². The van der Waals surface area contributed by atoms with E-state index in [9.17, 15) is 8.76 Å². The Bertz CT molecular complexity index is 452. The standard InChI is InChI=1S/C28H58O2S/c1-3-5-7-9-11-12-13-14-15-16-17-18-19-20-22-24-26-28-31(29,30)27-25-23-21-10-8-6-4-2/h28H,3-27H2,1-2H3,(H,29,30). The Morgan fingerprint density at radius 3 is 1.13 bits per heavy atom. The second kappa shape index (κ2) is 24.6. The van der Waals surface area contributed by atoms with Crippen LogP contribution in [0.3, 0.4) is 0 Å². The molecule has 0 aliphatic rings. The second-order valence-electron chi connectivity index (χ2n) is 9.77. The van der Waals surface area contributed by atoms with Gasteiger partial charge in [0.15, 0.2) is 0 Å². The van der Waals surface area contributed by atoms with E-state index < -0.39 is 9.80 Å². The van der Waals surface area contributed by atoms with Crippen molar-refractivity contribution in [1.82, 2.24) is 0 Å². The third kappa shape index (κ3) is 26.1. The van der Waals surface area contributed by atoms with Gasteiger partial charge in [0.25, 0.3) is 0 Å². The Morgan fingerprint density at radius 2 is 0.774 bits per heavy atom. The van der Waals surface area contributed by atoms with Crippen LogP contribution in [0.15, 0.2) is 0 Å². The quantitative estimate of drug-likeness (QED) is 0.109. The first-order valence-electron chi connectivity index (χ1n) is 14.2. The highest BCUT2D eigenvalue weighted by molar-refractivity contribution is 7.96. The highest BCUT2D eigenvalue weighted by Crippen LogP contribution is 2.14. The molecule has 2 nitrogen and oxygen atoms in total. The molecule has 1 unspecified atom stereocenters.